The number of phenolic OH excluding ortho intramolecular Hbond substituents is 1. The van der Waals surface area contributed by atoms with Crippen LogP contribution in [0.5, 0.6) is 5.75 Å². The second-order valence-corrected chi connectivity index (χ2v) is 3.77. The molecule has 0 aliphatic rings. The van der Waals surface area contributed by atoms with E-state index in [1.807, 2.05) is 0 Å². The van der Waals surface area contributed by atoms with Gasteiger partial charge in [0.1, 0.15) is 11.6 Å². The molecule has 0 aromatic heterocycles. The molecule has 0 atom stereocenters. The summed E-state index contributed by atoms with van der Waals surface area (Å²) >= 11 is 0. The van der Waals surface area contributed by atoms with Gasteiger partial charge in [0.2, 0.25) is 0 Å². The molecule has 0 aliphatic carbocycles. The first-order chi connectivity index (χ1) is 9.16. The molecule has 0 spiro atoms. The Morgan fingerprint density at radius 1 is 1.16 bits per heavy atom. The average molecular weight is 258 g/mol. The molecule has 0 bridgehead atoms. The van der Waals surface area contributed by atoms with Gasteiger partial charge < -0.3 is 5.11 Å². The summed E-state index contributed by atoms with van der Waals surface area (Å²) in [7, 11) is 0. The van der Waals surface area contributed by atoms with Crippen molar-refractivity contribution in [1.82, 2.24) is 5.43 Å². The highest BCUT2D eigenvalue weighted by Crippen LogP contribution is 2.09. The van der Waals surface area contributed by atoms with Gasteiger partial charge in [-0.2, -0.15) is 5.10 Å². The lowest BCUT2D eigenvalue weighted by molar-refractivity contribution is 0.0955. The number of rotatable bonds is 3. The number of carbonyl (C=O) groups excluding carboxylic acids is 1. The van der Waals surface area contributed by atoms with Crippen molar-refractivity contribution in [2.75, 3.05) is 0 Å². The van der Waals surface area contributed by atoms with E-state index in [2.05, 4.69) is 10.5 Å². The minimum Gasteiger partial charge on any atom is -0.508 e. The van der Waals surface area contributed by atoms with Crippen molar-refractivity contribution in [3.8, 4) is 5.75 Å². The topological polar surface area (TPSA) is 61.7 Å². The molecular weight excluding hydrogens is 247 g/mol. The number of benzene rings is 2. The lowest BCUT2D eigenvalue weighted by atomic mass is 10.2. The minimum absolute atomic E-state index is 0.0754. The smallest absolute Gasteiger partial charge is 0.271 e. The quantitative estimate of drug-likeness (QED) is 0.655. The number of hydrazone groups is 1. The summed E-state index contributed by atoms with van der Waals surface area (Å²) in [6.45, 7) is 0. The third kappa shape index (κ3) is 3.38. The largest absolute Gasteiger partial charge is 0.508 e. The zero-order valence-electron chi connectivity index (χ0n) is 9.88. The fourth-order valence-electron chi connectivity index (χ4n) is 1.42. The van der Waals surface area contributed by atoms with Gasteiger partial charge in [-0.25, -0.2) is 9.82 Å². The predicted molar refractivity (Wildman–Crippen MR) is 69.6 cm³/mol. The van der Waals surface area contributed by atoms with Crippen LogP contribution in [0.15, 0.2) is 53.6 Å². The maximum absolute atomic E-state index is 13.2. The Balaban J connectivity index is 2.01. The maximum atomic E-state index is 13.2. The van der Waals surface area contributed by atoms with Crippen molar-refractivity contribution in [3.63, 3.8) is 0 Å². The number of hydrogen-bond donors (Lipinski definition) is 2. The van der Waals surface area contributed by atoms with E-state index in [0.717, 1.165) is 0 Å². The van der Waals surface area contributed by atoms with Crippen molar-refractivity contribution >= 4 is 12.1 Å². The molecule has 0 fully saturated rings. The molecule has 96 valence electrons. The van der Waals surface area contributed by atoms with Gasteiger partial charge in [0.15, 0.2) is 0 Å². The molecule has 0 saturated heterocycles. The van der Waals surface area contributed by atoms with E-state index in [1.54, 1.807) is 18.2 Å². The van der Waals surface area contributed by atoms with Gasteiger partial charge in [0.05, 0.1) is 6.21 Å². The molecule has 19 heavy (non-hydrogen) atoms. The number of halogens is 1. The van der Waals surface area contributed by atoms with Gasteiger partial charge in [-0.05, 0) is 30.3 Å². The van der Waals surface area contributed by atoms with E-state index in [1.165, 1.54) is 36.5 Å². The number of nitrogens with one attached hydrogen (secondary N) is 1. The molecule has 5 heteroatoms. The fourth-order valence-corrected chi connectivity index (χ4v) is 1.42. The first kappa shape index (κ1) is 12.8. The molecule has 0 radical (unpaired) electrons. The number of aromatic hydroxyl groups is 1. The van der Waals surface area contributed by atoms with Crippen LogP contribution in [0.4, 0.5) is 4.39 Å². The molecule has 0 heterocycles. The highest BCUT2D eigenvalue weighted by molar-refractivity contribution is 5.94. The van der Waals surface area contributed by atoms with Crippen LogP contribution in [-0.2, 0) is 0 Å². The van der Waals surface area contributed by atoms with Crippen LogP contribution in [0.1, 0.15) is 15.9 Å². The fraction of sp³-hybridized carbons (Fsp3) is 0. The lowest BCUT2D eigenvalue weighted by Crippen LogP contribution is -2.17. The molecule has 1 amide bonds. The van der Waals surface area contributed by atoms with Gasteiger partial charge in [0, 0.05) is 11.1 Å². The molecule has 2 aromatic carbocycles. The first-order valence-corrected chi connectivity index (χ1v) is 5.54. The van der Waals surface area contributed by atoms with Crippen LogP contribution < -0.4 is 5.43 Å². The highest BCUT2D eigenvalue weighted by Gasteiger charge is 2.03. The number of amides is 1. The standard InChI is InChI=1S/C14H11FN2O2/c15-13-4-2-1-3-11(13)9-16-17-14(19)10-5-7-12(18)8-6-10/h1-9,18H,(H,17,19)/b16-9-. The van der Waals surface area contributed by atoms with Crippen LogP contribution in [-0.4, -0.2) is 17.2 Å². The van der Waals surface area contributed by atoms with Crippen molar-refractivity contribution < 1.29 is 14.3 Å². The number of hydrogen-bond acceptors (Lipinski definition) is 3. The van der Waals surface area contributed by atoms with Crippen molar-refractivity contribution in [2.45, 2.75) is 0 Å². The van der Waals surface area contributed by atoms with Gasteiger partial charge in [-0.15, -0.1) is 0 Å². The average Bonchev–Trinajstić information content (AvgIpc) is 2.41. The van der Waals surface area contributed by atoms with Gasteiger partial charge >= 0.3 is 0 Å². The Hall–Kier alpha value is -2.69. The Bertz CT molecular complexity index is 609. The third-order valence-corrected chi connectivity index (χ3v) is 2.40. The zero-order chi connectivity index (χ0) is 13.7. The maximum Gasteiger partial charge on any atom is 0.271 e. The molecule has 2 rings (SSSR count). The summed E-state index contributed by atoms with van der Waals surface area (Å²) in [6.07, 6.45) is 1.23. The second kappa shape index (κ2) is 5.77. The summed E-state index contributed by atoms with van der Waals surface area (Å²) in [5, 5.41) is 12.8. The highest BCUT2D eigenvalue weighted by atomic mass is 19.1. The first-order valence-electron chi connectivity index (χ1n) is 5.54. The van der Waals surface area contributed by atoms with Crippen molar-refractivity contribution in [1.29, 1.82) is 0 Å². The van der Waals surface area contributed by atoms with Crippen LogP contribution in [0.2, 0.25) is 0 Å². The molecule has 2 aromatic rings. The zero-order valence-corrected chi connectivity index (χ0v) is 9.88. The molecule has 0 unspecified atom stereocenters. The molecule has 0 saturated carbocycles. The predicted octanol–water partition coefficient (Wildman–Crippen LogP) is 2.30. The Kier molecular flexibility index (Phi) is 3.87. The Morgan fingerprint density at radius 3 is 2.53 bits per heavy atom. The number of nitrogens with zero attached hydrogens (tertiary/aromatic N) is 1. The Labute approximate surface area is 109 Å². The number of phenols is 1. The van der Waals surface area contributed by atoms with Crippen LogP contribution in [0.3, 0.4) is 0 Å². The normalized spacial score (nSPS) is 10.6. The van der Waals surface area contributed by atoms with E-state index in [-0.39, 0.29) is 11.3 Å². The van der Waals surface area contributed by atoms with Crippen LogP contribution in [0.25, 0.3) is 0 Å². The molecular formula is C14H11FN2O2. The van der Waals surface area contributed by atoms with E-state index in [9.17, 15) is 9.18 Å². The summed E-state index contributed by atoms with van der Waals surface area (Å²) in [5.41, 5.74) is 2.91. The second-order valence-electron chi connectivity index (χ2n) is 3.77. The van der Waals surface area contributed by atoms with E-state index < -0.39 is 11.7 Å². The summed E-state index contributed by atoms with van der Waals surface area (Å²) in [6, 6.07) is 11.8. The summed E-state index contributed by atoms with van der Waals surface area (Å²) in [4.78, 5) is 11.6. The molecule has 4 nitrogen and oxygen atoms in total. The molecule has 0 aliphatic heterocycles. The minimum atomic E-state index is -0.437. The van der Waals surface area contributed by atoms with Crippen molar-refractivity contribution in [2.24, 2.45) is 5.10 Å². The van der Waals surface area contributed by atoms with Gasteiger partial charge in [-0.1, -0.05) is 18.2 Å². The lowest BCUT2D eigenvalue weighted by Gasteiger charge is -2.00. The van der Waals surface area contributed by atoms with Crippen molar-refractivity contribution in [3.05, 3.63) is 65.5 Å². The van der Waals surface area contributed by atoms with Gasteiger partial charge in [-0.3, -0.25) is 4.79 Å². The summed E-state index contributed by atoms with van der Waals surface area (Å²) in [5.74, 6) is -0.774. The number of carbonyl (C=O) groups is 1. The SMILES string of the molecule is O=C(N/N=C\c1ccccc1F)c1ccc(O)cc1. The monoisotopic (exact) mass is 258 g/mol. The van der Waals surface area contributed by atoms with Crippen LogP contribution in [0, 0.1) is 5.82 Å². The van der Waals surface area contributed by atoms with Crippen LogP contribution >= 0.6 is 0 Å². The van der Waals surface area contributed by atoms with E-state index >= 15 is 0 Å². The summed E-state index contributed by atoms with van der Waals surface area (Å²) < 4.78 is 13.2. The third-order valence-electron chi connectivity index (χ3n) is 2.40. The van der Waals surface area contributed by atoms with E-state index in [4.69, 9.17) is 5.11 Å². The van der Waals surface area contributed by atoms with Gasteiger partial charge in [0.25, 0.3) is 5.91 Å². The molecule has 2 N–H and O–H groups in total. The van der Waals surface area contributed by atoms with E-state index in [0.29, 0.717) is 5.56 Å². The Morgan fingerprint density at radius 2 is 1.84 bits per heavy atom.